The van der Waals surface area contributed by atoms with Crippen molar-refractivity contribution in [3.63, 3.8) is 0 Å². The van der Waals surface area contributed by atoms with Gasteiger partial charge < -0.3 is 71.3 Å². The Kier molecular flexibility index (Phi) is 84.8. The summed E-state index contributed by atoms with van der Waals surface area (Å²) in [5.74, 6) is -1.69. The van der Waals surface area contributed by atoms with Crippen molar-refractivity contribution in [3.05, 3.63) is 123 Å². The quantitative estimate of drug-likeness (QED) is 0.0245. The predicted octanol–water partition coefficient (Wildman–Crippen LogP) is -0.0268. The molecule has 2 aliphatic heterocycles. The van der Waals surface area contributed by atoms with E-state index in [9.17, 15) is 33.1 Å². The maximum Gasteiger partial charge on any atom is 1.00 e. The Hall–Kier alpha value is 4.26. The van der Waals surface area contributed by atoms with Crippen LogP contribution in [-0.4, -0.2) is 139 Å². The van der Waals surface area contributed by atoms with E-state index in [4.69, 9.17) is 56.4 Å². The van der Waals surface area contributed by atoms with Crippen LogP contribution in [0.3, 0.4) is 0 Å². The van der Waals surface area contributed by atoms with Crippen LogP contribution in [0.2, 0.25) is 0 Å². The second-order valence-electron chi connectivity index (χ2n) is 15.0. The van der Waals surface area contributed by atoms with E-state index in [1.807, 2.05) is 43.0 Å². The molecule has 0 bridgehead atoms. The summed E-state index contributed by atoms with van der Waals surface area (Å²) in [6.45, 7) is 10.0. The van der Waals surface area contributed by atoms with E-state index in [-0.39, 0.29) is 321 Å². The molecule has 0 spiro atoms. The predicted molar refractivity (Wildman–Crippen MR) is 327 cm³/mol. The van der Waals surface area contributed by atoms with Crippen molar-refractivity contribution in [1.82, 2.24) is 0 Å². The van der Waals surface area contributed by atoms with Gasteiger partial charge in [-0.25, -0.2) is 19.2 Å². The number of carboxylic acids is 1. The van der Waals surface area contributed by atoms with Gasteiger partial charge in [0.1, 0.15) is 29.2 Å². The van der Waals surface area contributed by atoms with Crippen molar-refractivity contribution in [2.45, 2.75) is 78.8 Å². The van der Waals surface area contributed by atoms with Gasteiger partial charge in [0.2, 0.25) is 0 Å². The molecule has 468 valence electrons. The van der Waals surface area contributed by atoms with Crippen LogP contribution in [0.25, 0.3) is 0 Å². The number of ether oxygens (including phenoxy) is 8. The van der Waals surface area contributed by atoms with Crippen molar-refractivity contribution < 1.29 is 387 Å². The summed E-state index contributed by atoms with van der Waals surface area (Å²) in [4.78, 5) is 69.3. The van der Waals surface area contributed by atoms with Gasteiger partial charge in [0.05, 0.1) is 62.7 Å². The molecule has 4 aromatic rings. The van der Waals surface area contributed by atoms with Gasteiger partial charge >= 0.3 is 299 Å². The van der Waals surface area contributed by atoms with E-state index in [0.29, 0.717) is 41.2 Å². The third kappa shape index (κ3) is 48.9. The summed E-state index contributed by atoms with van der Waals surface area (Å²) < 4.78 is 75.8. The number of rotatable bonds is 14. The number of alkyl halides is 4. The SMILES string of the molecule is BrCCOC1CCCCO1.CI.COC(=O)c1c(O)ccc(Br)c1C.COC(=O)c1c(OCCOC2CCCCO2)ccc(Br)c1C.COC(=O)c1cccc(Br)c1C.Cc1c(Br)cccc1C(=O)O.O=CO[O-].O=CO[O-].[2H]CF.[2H]CF.[Cs+].[Cs+].[Cs+].[Cs+].[H-].[H-]. The number of aromatic carboxylic acids is 1. The summed E-state index contributed by atoms with van der Waals surface area (Å²) in [6, 6.07) is 17.3. The first-order valence-corrected chi connectivity index (χ1v) is 30.0. The van der Waals surface area contributed by atoms with Crippen LogP contribution >= 0.6 is 102 Å². The van der Waals surface area contributed by atoms with Crippen LogP contribution in [0.15, 0.2) is 78.6 Å². The molecule has 2 N–H and O–H groups in total. The third-order valence-electron chi connectivity index (χ3n) is 10.1. The molecule has 0 aliphatic carbocycles. The number of phenols is 1. The monoisotopic (exact) mass is 2130 g/mol. The number of benzene rings is 4. The van der Waals surface area contributed by atoms with Gasteiger partial charge in [0.15, 0.2) is 12.6 Å². The topological polar surface area (TPSA) is 281 Å². The average Bonchev–Trinajstić information content (AvgIpc) is 2.63. The van der Waals surface area contributed by atoms with Gasteiger partial charge in [-0.3, -0.25) is 18.4 Å². The smallest absolute Gasteiger partial charge is 1.00 e. The minimum Gasteiger partial charge on any atom is -1.00 e. The third-order valence-corrected chi connectivity index (χ3v) is 13.8. The van der Waals surface area contributed by atoms with E-state index in [1.165, 1.54) is 40.2 Å². The van der Waals surface area contributed by atoms with Crippen molar-refractivity contribution in [2.24, 2.45) is 0 Å². The van der Waals surface area contributed by atoms with Gasteiger partial charge in [-0.2, -0.15) is 0 Å². The van der Waals surface area contributed by atoms with E-state index >= 15 is 0 Å². The molecule has 0 radical (unpaired) electrons. The minimum absolute atomic E-state index is 0. The largest absolute Gasteiger partial charge is 1.00 e. The average molecular weight is 2140 g/mol. The second-order valence-corrected chi connectivity index (χ2v) is 19.2. The fraction of sp³-hybridized carbons (Fsp3) is 0.444. The number of carbonyl (C=O) groups is 6. The molecule has 2 saturated heterocycles. The first kappa shape index (κ1) is 101. The zero-order valence-corrected chi connectivity index (χ0v) is 85.5. The van der Waals surface area contributed by atoms with E-state index in [1.54, 1.807) is 44.2 Å². The fourth-order valence-electron chi connectivity index (χ4n) is 6.14. The molecule has 20 nitrogen and oxygen atoms in total. The summed E-state index contributed by atoms with van der Waals surface area (Å²) in [5.41, 5.74) is 4.73. The molecule has 2 fully saturated rings. The van der Waals surface area contributed by atoms with Crippen molar-refractivity contribution in [3.8, 4) is 11.5 Å². The number of phenolic OH excluding ortho intramolecular Hbond substituents is 1. The normalized spacial score (nSPS) is 12.8. The number of hydrogen-bond donors (Lipinski definition) is 2. The first-order chi connectivity index (χ1) is 40.1. The molecular weight excluding hydrogens is 2060 g/mol. The Morgan fingerprint density at radius 1 is 0.628 bits per heavy atom. The molecule has 32 heteroatoms. The fourth-order valence-corrected chi connectivity index (χ4v) is 7.72. The molecule has 6 rings (SSSR count). The Morgan fingerprint density at radius 3 is 1.37 bits per heavy atom. The Balaban J connectivity index is -0.000000105. The first-order valence-electron chi connectivity index (χ1n) is 24.9. The zero-order chi connectivity index (χ0) is 65.0. The van der Waals surface area contributed by atoms with E-state index in [2.05, 4.69) is 121 Å². The van der Waals surface area contributed by atoms with Gasteiger partial charge in [0.25, 0.3) is 12.9 Å². The van der Waals surface area contributed by atoms with Crippen LogP contribution in [0.5, 0.6) is 11.5 Å². The molecule has 2 aliphatic rings. The Morgan fingerprint density at radius 2 is 1.00 bits per heavy atom. The standard InChI is InChI=1S/C16H21BrO5.C9H9BrO3.C9H9BrO2.C8H7BrO2.C7H13BrO2.2CH3F.CH3I.2CH2O3.4Cs.2H/c1-11-12(17)6-7-13(15(11)16(18)19-2)20-9-10-22-14-5-3-4-8-21-14;1-5-6(10)3-4-7(11)8(5)9(12)13-2;1-6-7(9(11)12-2)4-3-5-8(6)10;1-5-6(8(10)11)3-2-4-7(5)9;8-4-6-10-7-3-1-2-5-9-7;3*1-2;2*2-1-4-3;;;;;;/h6-7,14H,3-5,8-10H2,1-2H3;3-4,11H,1-2H3;3-5H,1-2H3;2-4H,1H3,(H,10,11);7H,1-6H2;3*1H3;2*1,3H;;;;;;/q;;;;;;;;;;4*+1;2*-1/p-2/i;;;;;2*1D;;;;;;;;;. The summed E-state index contributed by atoms with van der Waals surface area (Å²) in [6.07, 6.45) is 6.58. The van der Waals surface area contributed by atoms with Gasteiger partial charge in [0, 0.05) is 36.4 Å². The van der Waals surface area contributed by atoms with Crippen LogP contribution in [0.4, 0.5) is 8.78 Å². The van der Waals surface area contributed by atoms with Crippen molar-refractivity contribution >= 4 is 139 Å². The van der Waals surface area contributed by atoms with Gasteiger partial charge in [-0.1, -0.05) is 114 Å². The molecular formula is C54H72Br5Cs4F2IO20. The van der Waals surface area contributed by atoms with Crippen molar-refractivity contribution in [2.75, 3.05) is 78.9 Å². The van der Waals surface area contributed by atoms with Crippen LogP contribution < -0.4 is 291 Å². The Bertz CT molecular complexity index is 2470. The van der Waals surface area contributed by atoms with E-state index in [0.717, 1.165) is 85.4 Å². The molecule has 2 heterocycles. The number of methoxy groups -OCH3 is 3. The molecule has 2 atom stereocenters. The van der Waals surface area contributed by atoms with Crippen molar-refractivity contribution in [1.29, 1.82) is 0 Å². The molecule has 86 heavy (non-hydrogen) atoms. The van der Waals surface area contributed by atoms with E-state index < -0.39 is 32.2 Å². The number of esters is 3. The summed E-state index contributed by atoms with van der Waals surface area (Å²) in [7, 11) is 2.01. The number of carbonyl (C=O) groups excluding carboxylic acids is 5. The molecule has 0 amide bonds. The number of halogens is 8. The van der Waals surface area contributed by atoms with Crippen LogP contribution in [-0.2, 0) is 52.5 Å². The maximum absolute atomic E-state index is 11.9. The molecule has 0 saturated carbocycles. The molecule has 4 aromatic carbocycles. The number of hydrogen-bond acceptors (Lipinski definition) is 19. The number of carboxylic acid groups (broad SMARTS) is 1. The number of aromatic hydroxyl groups is 1. The Labute approximate surface area is 800 Å². The van der Waals surface area contributed by atoms with Crippen LogP contribution in [0.1, 0.15) is 108 Å². The molecule has 2 unspecified atom stereocenters. The van der Waals surface area contributed by atoms with Gasteiger partial charge in [-0.05, 0) is 142 Å². The molecule has 0 aromatic heterocycles. The second kappa shape index (κ2) is 72.0. The zero-order valence-electron chi connectivity index (χ0n) is 54.2. The summed E-state index contributed by atoms with van der Waals surface area (Å²) >= 11 is 18.7. The summed E-state index contributed by atoms with van der Waals surface area (Å²) in [5, 5.41) is 35.8. The van der Waals surface area contributed by atoms with Gasteiger partial charge in [-0.15, -0.1) is 0 Å². The minimum atomic E-state index is -1.00. The van der Waals surface area contributed by atoms with Crippen LogP contribution in [0, 0.1) is 27.7 Å². The maximum atomic E-state index is 11.9.